The van der Waals surface area contributed by atoms with Crippen LogP contribution in [-0.2, 0) is 10.3 Å². The van der Waals surface area contributed by atoms with Crippen molar-refractivity contribution in [3.05, 3.63) is 64.1 Å². The van der Waals surface area contributed by atoms with E-state index in [0.717, 1.165) is 21.3 Å². The van der Waals surface area contributed by atoms with E-state index in [2.05, 4.69) is 21.2 Å². The van der Waals surface area contributed by atoms with E-state index in [1.807, 2.05) is 55.5 Å². The summed E-state index contributed by atoms with van der Waals surface area (Å²) in [5, 5.41) is 2.88. The van der Waals surface area contributed by atoms with Crippen molar-refractivity contribution in [2.45, 2.75) is 19.4 Å². The number of carbonyl (C=O) groups is 1. The van der Waals surface area contributed by atoms with Crippen molar-refractivity contribution in [2.75, 3.05) is 5.32 Å². The molecule has 0 aliphatic heterocycles. The van der Waals surface area contributed by atoms with E-state index in [4.69, 9.17) is 5.73 Å². The third kappa shape index (κ3) is 3.08. The molecule has 0 aliphatic rings. The Balaban J connectivity index is 2.26. The normalized spacial score (nSPS) is 13.6. The standard InChI is InChI=1S/C16H17BrN2O/c1-11-8-9-13(17)14(10-11)19-15(20)16(2,18)12-6-4-3-5-7-12/h3-10H,18H2,1-2H3,(H,19,20). The van der Waals surface area contributed by atoms with Gasteiger partial charge < -0.3 is 11.1 Å². The van der Waals surface area contributed by atoms with Crippen LogP contribution in [0.15, 0.2) is 53.0 Å². The number of nitrogens with two attached hydrogens (primary N) is 1. The van der Waals surface area contributed by atoms with Crippen molar-refractivity contribution < 1.29 is 4.79 Å². The largest absolute Gasteiger partial charge is 0.323 e. The van der Waals surface area contributed by atoms with Crippen LogP contribution in [0, 0.1) is 6.92 Å². The Kier molecular flexibility index (Phi) is 4.26. The Morgan fingerprint density at radius 1 is 1.20 bits per heavy atom. The summed E-state index contributed by atoms with van der Waals surface area (Å²) >= 11 is 3.43. The first kappa shape index (κ1) is 14.8. The van der Waals surface area contributed by atoms with Gasteiger partial charge >= 0.3 is 0 Å². The smallest absolute Gasteiger partial charge is 0.248 e. The van der Waals surface area contributed by atoms with Gasteiger partial charge in [0.25, 0.3) is 0 Å². The van der Waals surface area contributed by atoms with Gasteiger partial charge in [-0.2, -0.15) is 0 Å². The average molecular weight is 333 g/mol. The molecule has 20 heavy (non-hydrogen) atoms. The molecule has 0 bridgehead atoms. The van der Waals surface area contributed by atoms with E-state index in [-0.39, 0.29) is 5.91 Å². The lowest BCUT2D eigenvalue weighted by molar-refractivity contribution is -0.120. The lowest BCUT2D eigenvalue weighted by Crippen LogP contribution is -2.45. The maximum absolute atomic E-state index is 12.4. The first-order chi connectivity index (χ1) is 9.41. The first-order valence-corrected chi connectivity index (χ1v) is 7.12. The van der Waals surface area contributed by atoms with Crippen LogP contribution < -0.4 is 11.1 Å². The van der Waals surface area contributed by atoms with Crippen LogP contribution in [0.5, 0.6) is 0 Å². The van der Waals surface area contributed by atoms with Gasteiger partial charge in [0, 0.05) is 4.47 Å². The Bertz CT molecular complexity index is 624. The van der Waals surface area contributed by atoms with Crippen LogP contribution >= 0.6 is 15.9 Å². The van der Waals surface area contributed by atoms with E-state index in [1.165, 1.54) is 0 Å². The van der Waals surface area contributed by atoms with Gasteiger partial charge in [-0.3, -0.25) is 4.79 Å². The second kappa shape index (κ2) is 5.77. The van der Waals surface area contributed by atoms with E-state index in [0.29, 0.717) is 0 Å². The van der Waals surface area contributed by atoms with Gasteiger partial charge in [0.1, 0.15) is 5.54 Å². The third-order valence-electron chi connectivity index (χ3n) is 3.22. The molecule has 2 aromatic rings. The fourth-order valence-corrected chi connectivity index (χ4v) is 2.25. The SMILES string of the molecule is Cc1ccc(Br)c(NC(=O)C(C)(N)c2ccccc2)c1. The molecule has 0 fully saturated rings. The van der Waals surface area contributed by atoms with Gasteiger partial charge in [-0.1, -0.05) is 36.4 Å². The average Bonchev–Trinajstić information content (AvgIpc) is 2.43. The number of hydrogen-bond donors (Lipinski definition) is 2. The fraction of sp³-hybridized carbons (Fsp3) is 0.188. The predicted molar refractivity (Wildman–Crippen MR) is 85.5 cm³/mol. The summed E-state index contributed by atoms with van der Waals surface area (Å²) in [4.78, 5) is 12.4. The van der Waals surface area contributed by atoms with Crippen molar-refractivity contribution in [3.63, 3.8) is 0 Å². The van der Waals surface area contributed by atoms with Crippen molar-refractivity contribution in [1.82, 2.24) is 0 Å². The van der Waals surface area contributed by atoms with E-state index >= 15 is 0 Å². The molecule has 3 N–H and O–H groups in total. The number of carbonyl (C=O) groups excluding carboxylic acids is 1. The first-order valence-electron chi connectivity index (χ1n) is 6.33. The molecule has 0 radical (unpaired) electrons. The molecular formula is C16H17BrN2O. The van der Waals surface area contributed by atoms with Crippen LogP contribution in [0.2, 0.25) is 0 Å². The molecule has 1 amide bonds. The Labute approximate surface area is 127 Å². The number of anilines is 1. The lowest BCUT2D eigenvalue weighted by atomic mass is 9.92. The summed E-state index contributed by atoms with van der Waals surface area (Å²) < 4.78 is 0.834. The minimum atomic E-state index is -1.08. The van der Waals surface area contributed by atoms with Crippen molar-refractivity contribution in [1.29, 1.82) is 0 Å². The Hall–Kier alpha value is -1.65. The number of benzene rings is 2. The summed E-state index contributed by atoms with van der Waals surface area (Å²) in [6.45, 7) is 3.68. The highest BCUT2D eigenvalue weighted by Crippen LogP contribution is 2.26. The van der Waals surface area contributed by atoms with Gasteiger partial charge in [-0.25, -0.2) is 0 Å². The number of halogens is 1. The molecular weight excluding hydrogens is 316 g/mol. The molecule has 2 aromatic carbocycles. The number of nitrogens with one attached hydrogen (secondary N) is 1. The topological polar surface area (TPSA) is 55.1 Å². The van der Waals surface area contributed by atoms with Crippen LogP contribution in [0.4, 0.5) is 5.69 Å². The number of aryl methyl sites for hydroxylation is 1. The second-order valence-electron chi connectivity index (χ2n) is 5.01. The molecule has 3 nitrogen and oxygen atoms in total. The van der Waals surface area contributed by atoms with Crippen LogP contribution in [0.3, 0.4) is 0 Å². The van der Waals surface area contributed by atoms with Gasteiger partial charge in [0.05, 0.1) is 5.69 Å². The minimum Gasteiger partial charge on any atom is -0.323 e. The minimum absolute atomic E-state index is 0.241. The summed E-state index contributed by atoms with van der Waals surface area (Å²) in [5.74, 6) is -0.241. The zero-order valence-corrected chi connectivity index (χ0v) is 13.1. The molecule has 104 valence electrons. The monoisotopic (exact) mass is 332 g/mol. The molecule has 0 saturated heterocycles. The highest BCUT2D eigenvalue weighted by atomic mass is 79.9. The summed E-state index contributed by atoms with van der Waals surface area (Å²) in [7, 11) is 0. The molecule has 4 heteroatoms. The fourth-order valence-electron chi connectivity index (χ4n) is 1.90. The summed E-state index contributed by atoms with van der Waals surface area (Å²) in [6, 6.07) is 15.1. The molecule has 0 aliphatic carbocycles. The maximum atomic E-state index is 12.4. The highest BCUT2D eigenvalue weighted by molar-refractivity contribution is 9.10. The van der Waals surface area contributed by atoms with Crippen LogP contribution in [0.25, 0.3) is 0 Å². The maximum Gasteiger partial charge on any atom is 0.248 e. The van der Waals surface area contributed by atoms with Crippen molar-refractivity contribution >= 4 is 27.5 Å². The summed E-state index contributed by atoms with van der Waals surface area (Å²) in [5.41, 5.74) is 7.69. The Morgan fingerprint density at radius 2 is 1.85 bits per heavy atom. The molecule has 1 atom stereocenters. The zero-order chi connectivity index (χ0) is 14.8. The number of rotatable bonds is 3. The highest BCUT2D eigenvalue weighted by Gasteiger charge is 2.30. The molecule has 0 saturated carbocycles. The van der Waals surface area contributed by atoms with Crippen molar-refractivity contribution in [2.24, 2.45) is 5.73 Å². The van der Waals surface area contributed by atoms with Gasteiger partial charge in [0.15, 0.2) is 0 Å². The number of hydrogen-bond acceptors (Lipinski definition) is 2. The lowest BCUT2D eigenvalue weighted by Gasteiger charge is -2.24. The van der Waals surface area contributed by atoms with Crippen LogP contribution in [-0.4, -0.2) is 5.91 Å². The van der Waals surface area contributed by atoms with E-state index in [9.17, 15) is 4.79 Å². The predicted octanol–water partition coefficient (Wildman–Crippen LogP) is 3.57. The van der Waals surface area contributed by atoms with Gasteiger partial charge in [-0.15, -0.1) is 0 Å². The molecule has 0 heterocycles. The third-order valence-corrected chi connectivity index (χ3v) is 3.91. The Morgan fingerprint density at radius 3 is 2.50 bits per heavy atom. The van der Waals surface area contributed by atoms with E-state index < -0.39 is 5.54 Å². The molecule has 0 aromatic heterocycles. The van der Waals surface area contributed by atoms with E-state index in [1.54, 1.807) is 6.92 Å². The molecule has 0 spiro atoms. The van der Waals surface area contributed by atoms with Gasteiger partial charge in [-0.05, 0) is 53.0 Å². The van der Waals surface area contributed by atoms with Crippen LogP contribution in [0.1, 0.15) is 18.1 Å². The summed E-state index contributed by atoms with van der Waals surface area (Å²) in [6.07, 6.45) is 0. The number of amides is 1. The molecule has 2 rings (SSSR count). The zero-order valence-electron chi connectivity index (χ0n) is 11.5. The second-order valence-corrected chi connectivity index (χ2v) is 5.86. The van der Waals surface area contributed by atoms with Crippen molar-refractivity contribution in [3.8, 4) is 0 Å². The quantitative estimate of drug-likeness (QED) is 0.902. The van der Waals surface area contributed by atoms with Gasteiger partial charge in [0.2, 0.25) is 5.91 Å². The molecule has 1 unspecified atom stereocenters.